The lowest BCUT2D eigenvalue weighted by atomic mass is 9.83. The van der Waals surface area contributed by atoms with Crippen LogP contribution >= 0.6 is 0 Å². The van der Waals surface area contributed by atoms with Crippen molar-refractivity contribution >= 4 is 26.7 Å². The van der Waals surface area contributed by atoms with Crippen molar-refractivity contribution in [1.29, 1.82) is 0 Å². The van der Waals surface area contributed by atoms with Crippen molar-refractivity contribution < 1.29 is 37.1 Å². The Kier molecular flexibility index (Phi) is 10.2. The zero-order valence-corrected chi connectivity index (χ0v) is 20.4. The second-order valence-electron chi connectivity index (χ2n) is 7.91. The lowest BCUT2D eigenvalue weighted by Gasteiger charge is -2.29. The van der Waals surface area contributed by atoms with Gasteiger partial charge in [-0.3, -0.25) is 14.4 Å². The molecule has 0 aromatic heterocycles. The van der Waals surface area contributed by atoms with E-state index in [0.29, 0.717) is 25.6 Å². The first-order chi connectivity index (χ1) is 15.2. The van der Waals surface area contributed by atoms with Crippen LogP contribution < -0.4 is 4.74 Å². The van der Waals surface area contributed by atoms with E-state index < -0.39 is 26.7 Å². The summed E-state index contributed by atoms with van der Waals surface area (Å²) >= 11 is 0. The van der Waals surface area contributed by atoms with E-state index in [9.17, 15) is 14.4 Å². The van der Waals surface area contributed by atoms with Crippen molar-refractivity contribution in [2.24, 2.45) is 0 Å². The van der Waals surface area contributed by atoms with Gasteiger partial charge < -0.3 is 22.8 Å². The summed E-state index contributed by atoms with van der Waals surface area (Å²) in [6.45, 7) is 6.60. The van der Waals surface area contributed by atoms with Crippen LogP contribution in [0.2, 0.25) is 6.04 Å². The molecule has 32 heavy (non-hydrogen) atoms. The van der Waals surface area contributed by atoms with Gasteiger partial charge in [0.05, 0.1) is 18.8 Å². The molecule has 0 spiro atoms. The lowest BCUT2D eigenvalue weighted by molar-refractivity contribution is -0.147. The first-order valence-corrected chi connectivity index (χ1v) is 13.1. The SMILES string of the molecule is CCOc1ccc([C@H]2CC[C@H](OCCC[Si](OC(C)=O)(OC(C)=O)OC(C)=O)CC2)cc1. The number of hydrogen-bond donors (Lipinski definition) is 0. The van der Waals surface area contributed by atoms with E-state index in [0.717, 1.165) is 31.4 Å². The molecule has 2 rings (SSSR count). The van der Waals surface area contributed by atoms with Crippen molar-refractivity contribution in [2.75, 3.05) is 13.2 Å². The van der Waals surface area contributed by atoms with Gasteiger partial charge in [0.2, 0.25) is 0 Å². The predicted molar refractivity (Wildman–Crippen MR) is 119 cm³/mol. The molecule has 0 radical (unpaired) electrons. The van der Waals surface area contributed by atoms with Gasteiger partial charge in [-0.25, -0.2) is 0 Å². The van der Waals surface area contributed by atoms with Crippen LogP contribution in [0.15, 0.2) is 24.3 Å². The van der Waals surface area contributed by atoms with Crippen LogP contribution in [0.5, 0.6) is 5.75 Å². The summed E-state index contributed by atoms with van der Waals surface area (Å²) in [7, 11) is -3.78. The maximum absolute atomic E-state index is 11.5. The highest BCUT2D eigenvalue weighted by Crippen LogP contribution is 2.35. The molecule has 0 atom stereocenters. The average molecular weight is 467 g/mol. The minimum atomic E-state index is -3.78. The Morgan fingerprint density at radius 2 is 1.41 bits per heavy atom. The molecule has 8 nitrogen and oxygen atoms in total. The highest BCUT2D eigenvalue weighted by molar-refractivity contribution is 6.65. The number of carbonyl (C=O) groups excluding carboxylic acids is 3. The highest BCUT2D eigenvalue weighted by atomic mass is 28.4. The molecule has 1 fully saturated rings. The van der Waals surface area contributed by atoms with Gasteiger partial charge in [-0.2, -0.15) is 0 Å². The number of ether oxygens (including phenoxy) is 2. The minimum absolute atomic E-state index is 0.132. The van der Waals surface area contributed by atoms with Crippen molar-refractivity contribution in [3.05, 3.63) is 29.8 Å². The van der Waals surface area contributed by atoms with Gasteiger partial charge in [-0.1, -0.05) is 12.1 Å². The summed E-state index contributed by atoms with van der Waals surface area (Å²) < 4.78 is 27.1. The van der Waals surface area contributed by atoms with E-state index in [2.05, 4.69) is 12.1 Å². The largest absolute Gasteiger partial charge is 0.705 e. The molecule has 0 unspecified atom stereocenters. The Morgan fingerprint density at radius 3 is 1.88 bits per heavy atom. The molecule has 1 aliphatic rings. The van der Waals surface area contributed by atoms with Crippen molar-refractivity contribution in [3.63, 3.8) is 0 Å². The molecule has 178 valence electrons. The van der Waals surface area contributed by atoms with Gasteiger partial charge in [0.1, 0.15) is 5.75 Å². The Hall–Kier alpha value is -2.39. The van der Waals surface area contributed by atoms with Gasteiger partial charge in [0.25, 0.3) is 17.9 Å². The molecule has 0 N–H and O–H groups in total. The van der Waals surface area contributed by atoms with Gasteiger partial charge in [0, 0.05) is 27.4 Å². The minimum Gasteiger partial charge on any atom is -0.494 e. The number of carbonyl (C=O) groups is 3. The van der Waals surface area contributed by atoms with Crippen molar-refractivity contribution in [3.8, 4) is 5.75 Å². The van der Waals surface area contributed by atoms with E-state index in [-0.39, 0.29) is 12.1 Å². The maximum atomic E-state index is 11.5. The van der Waals surface area contributed by atoms with Gasteiger partial charge in [-0.15, -0.1) is 0 Å². The molecule has 0 aliphatic heterocycles. The topological polar surface area (TPSA) is 97.4 Å². The number of benzene rings is 1. The predicted octanol–water partition coefficient (Wildman–Crippen LogP) is 4.15. The maximum Gasteiger partial charge on any atom is 0.705 e. The smallest absolute Gasteiger partial charge is 0.494 e. The molecule has 0 bridgehead atoms. The summed E-state index contributed by atoms with van der Waals surface area (Å²) in [5, 5.41) is 0. The second-order valence-corrected chi connectivity index (χ2v) is 10.4. The highest BCUT2D eigenvalue weighted by Gasteiger charge is 2.51. The van der Waals surface area contributed by atoms with Crippen LogP contribution in [0.25, 0.3) is 0 Å². The van der Waals surface area contributed by atoms with Crippen LogP contribution in [0.1, 0.15) is 71.3 Å². The normalized spacial score (nSPS) is 18.5. The summed E-state index contributed by atoms with van der Waals surface area (Å²) in [6, 6.07) is 8.45. The number of hydrogen-bond acceptors (Lipinski definition) is 8. The van der Waals surface area contributed by atoms with Crippen LogP contribution in [0.4, 0.5) is 0 Å². The lowest BCUT2D eigenvalue weighted by Crippen LogP contribution is -2.49. The summed E-state index contributed by atoms with van der Waals surface area (Å²) in [5.74, 6) is -0.570. The first-order valence-electron chi connectivity index (χ1n) is 11.2. The Bertz CT molecular complexity index is 715. The Morgan fingerprint density at radius 1 is 0.875 bits per heavy atom. The standard InChI is InChI=1S/C23H34O8Si/c1-5-27-22-11-7-20(8-12-22)21-9-13-23(14-10-21)28-15-6-16-32(29-17(2)24,30-18(3)25)31-19(4)26/h7-8,11-12,21,23H,5-6,9-10,13-16H2,1-4H3/t21-,23-. The fourth-order valence-electron chi connectivity index (χ4n) is 3.98. The molecule has 1 aliphatic carbocycles. The number of rotatable bonds is 11. The Labute approximate surface area is 190 Å². The molecule has 1 aromatic carbocycles. The van der Waals surface area contributed by atoms with Gasteiger partial charge >= 0.3 is 8.80 Å². The quantitative estimate of drug-likeness (QED) is 0.354. The fraction of sp³-hybridized carbons (Fsp3) is 0.609. The zero-order chi connectivity index (χ0) is 23.6. The van der Waals surface area contributed by atoms with Crippen molar-refractivity contribution in [2.45, 2.75) is 77.9 Å². The van der Waals surface area contributed by atoms with Crippen molar-refractivity contribution in [1.82, 2.24) is 0 Å². The summed E-state index contributed by atoms with van der Waals surface area (Å²) in [5.41, 5.74) is 1.33. The molecule has 9 heteroatoms. The molecular formula is C23H34O8Si. The molecule has 1 aromatic rings. The molecule has 1 saturated carbocycles. The Balaban J connectivity index is 1.80. The van der Waals surface area contributed by atoms with E-state index in [1.807, 2.05) is 19.1 Å². The first kappa shape index (κ1) is 25.9. The third-order valence-electron chi connectivity index (χ3n) is 5.22. The molecule has 0 heterocycles. The van der Waals surface area contributed by atoms with Gasteiger partial charge in [0.15, 0.2) is 0 Å². The fourth-order valence-corrected chi connectivity index (χ4v) is 6.30. The molecule has 0 amide bonds. The summed E-state index contributed by atoms with van der Waals surface area (Å²) in [4.78, 5) is 34.5. The third kappa shape index (κ3) is 8.62. The van der Waals surface area contributed by atoms with E-state index >= 15 is 0 Å². The monoisotopic (exact) mass is 466 g/mol. The average Bonchev–Trinajstić information content (AvgIpc) is 2.71. The van der Waals surface area contributed by atoms with Crippen LogP contribution in [0, 0.1) is 0 Å². The second kappa shape index (κ2) is 12.6. The zero-order valence-electron chi connectivity index (χ0n) is 19.4. The van der Waals surface area contributed by atoms with E-state index in [1.54, 1.807) is 0 Å². The van der Waals surface area contributed by atoms with Crippen LogP contribution in [0.3, 0.4) is 0 Å². The molecule has 0 saturated heterocycles. The summed E-state index contributed by atoms with van der Waals surface area (Å²) in [6.07, 6.45) is 4.61. The van der Waals surface area contributed by atoms with Crippen LogP contribution in [-0.2, 0) is 32.4 Å². The molecular weight excluding hydrogens is 432 g/mol. The van der Waals surface area contributed by atoms with E-state index in [4.69, 9.17) is 22.8 Å². The third-order valence-corrected chi connectivity index (χ3v) is 7.98. The van der Waals surface area contributed by atoms with Gasteiger partial charge in [-0.05, 0) is 62.6 Å². The van der Waals surface area contributed by atoms with E-state index in [1.165, 1.54) is 26.3 Å². The van der Waals surface area contributed by atoms with Crippen LogP contribution in [-0.4, -0.2) is 46.0 Å².